The summed E-state index contributed by atoms with van der Waals surface area (Å²) in [5, 5.41) is 9.23. The second-order valence-corrected chi connectivity index (χ2v) is 4.73. The predicted molar refractivity (Wildman–Crippen MR) is 73.2 cm³/mol. The molecule has 0 heterocycles. The highest BCUT2D eigenvalue weighted by molar-refractivity contribution is 5.44. The molecule has 17 heavy (non-hydrogen) atoms. The van der Waals surface area contributed by atoms with Crippen LogP contribution in [0.15, 0.2) is 30.3 Å². The van der Waals surface area contributed by atoms with Gasteiger partial charge in [-0.1, -0.05) is 25.1 Å². The SMILES string of the molecule is CCC(N)(CO)CCCN(C)c1ccccc1. The number of hydrogen-bond donors (Lipinski definition) is 2. The summed E-state index contributed by atoms with van der Waals surface area (Å²) in [6.45, 7) is 3.05. The highest BCUT2D eigenvalue weighted by Crippen LogP contribution is 2.16. The van der Waals surface area contributed by atoms with Crippen LogP contribution in [-0.2, 0) is 0 Å². The minimum absolute atomic E-state index is 0.0680. The Hall–Kier alpha value is -1.06. The Bertz CT molecular complexity index is 309. The van der Waals surface area contributed by atoms with Crippen LogP contribution in [0.4, 0.5) is 5.69 Å². The van der Waals surface area contributed by atoms with Gasteiger partial charge in [-0.05, 0) is 31.4 Å². The van der Waals surface area contributed by atoms with Gasteiger partial charge in [0.05, 0.1) is 6.61 Å². The number of anilines is 1. The van der Waals surface area contributed by atoms with E-state index in [0.29, 0.717) is 0 Å². The van der Waals surface area contributed by atoms with Crippen LogP contribution >= 0.6 is 0 Å². The summed E-state index contributed by atoms with van der Waals surface area (Å²) in [4.78, 5) is 2.22. The smallest absolute Gasteiger partial charge is 0.0611 e. The van der Waals surface area contributed by atoms with E-state index in [1.54, 1.807) is 0 Å². The van der Waals surface area contributed by atoms with E-state index in [-0.39, 0.29) is 6.61 Å². The van der Waals surface area contributed by atoms with Crippen LogP contribution in [0.3, 0.4) is 0 Å². The summed E-state index contributed by atoms with van der Waals surface area (Å²) in [5.41, 5.74) is 6.87. The molecule has 0 fully saturated rings. The largest absolute Gasteiger partial charge is 0.394 e. The average Bonchev–Trinajstić information content (AvgIpc) is 2.39. The van der Waals surface area contributed by atoms with Gasteiger partial charge < -0.3 is 15.7 Å². The van der Waals surface area contributed by atoms with Crippen LogP contribution in [0, 0.1) is 0 Å². The molecule has 1 aromatic carbocycles. The van der Waals surface area contributed by atoms with Crippen molar-refractivity contribution in [1.82, 2.24) is 0 Å². The van der Waals surface area contributed by atoms with Crippen LogP contribution in [0.25, 0.3) is 0 Å². The molecule has 0 aromatic heterocycles. The normalized spacial score (nSPS) is 14.4. The number of benzene rings is 1. The first kappa shape index (κ1) is 14.0. The number of rotatable bonds is 7. The van der Waals surface area contributed by atoms with Gasteiger partial charge in [-0.2, -0.15) is 0 Å². The van der Waals surface area contributed by atoms with Crippen molar-refractivity contribution in [2.45, 2.75) is 31.7 Å². The van der Waals surface area contributed by atoms with E-state index in [0.717, 1.165) is 25.8 Å². The van der Waals surface area contributed by atoms with E-state index in [4.69, 9.17) is 5.73 Å². The quantitative estimate of drug-likeness (QED) is 0.761. The molecule has 96 valence electrons. The summed E-state index contributed by atoms with van der Waals surface area (Å²) >= 11 is 0. The highest BCUT2D eigenvalue weighted by atomic mass is 16.3. The summed E-state index contributed by atoms with van der Waals surface area (Å²) < 4.78 is 0. The van der Waals surface area contributed by atoms with Crippen molar-refractivity contribution in [1.29, 1.82) is 0 Å². The van der Waals surface area contributed by atoms with Gasteiger partial charge in [-0.3, -0.25) is 0 Å². The fraction of sp³-hybridized carbons (Fsp3) is 0.571. The van der Waals surface area contributed by atoms with E-state index in [2.05, 4.69) is 24.1 Å². The van der Waals surface area contributed by atoms with Crippen molar-refractivity contribution >= 4 is 5.69 Å². The topological polar surface area (TPSA) is 49.5 Å². The number of para-hydroxylation sites is 1. The molecule has 3 N–H and O–H groups in total. The third-order valence-electron chi connectivity index (χ3n) is 3.38. The summed E-state index contributed by atoms with van der Waals surface area (Å²) in [6.07, 6.45) is 2.67. The van der Waals surface area contributed by atoms with E-state index in [1.807, 2.05) is 25.1 Å². The van der Waals surface area contributed by atoms with Crippen molar-refractivity contribution in [2.24, 2.45) is 5.73 Å². The number of nitrogens with two attached hydrogens (primary N) is 1. The van der Waals surface area contributed by atoms with Crippen molar-refractivity contribution in [2.75, 3.05) is 25.1 Å². The molecule has 1 rings (SSSR count). The molecule has 0 aliphatic carbocycles. The molecular formula is C14H24N2O. The van der Waals surface area contributed by atoms with E-state index in [9.17, 15) is 5.11 Å². The van der Waals surface area contributed by atoms with Crippen LogP contribution < -0.4 is 10.6 Å². The first-order valence-corrected chi connectivity index (χ1v) is 6.27. The second kappa shape index (κ2) is 6.62. The second-order valence-electron chi connectivity index (χ2n) is 4.73. The molecule has 0 spiro atoms. The maximum Gasteiger partial charge on any atom is 0.0611 e. The molecule has 0 bridgehead atoms. The van der Waals surface area contributed by atoms with E-state index >= 15 is 0 Å². The molecule has 3 heteroatoms. The van der Waals surface area contributed by atoms with Crippen LogP contribution in [0.1, 0.15) is 26.2 Å². The molecule has 0 radical (unpaired) electrons. The Labute approximate surface area is 104 Å². The molecule has 3 nitrogen and oxygen atoms in total. The zero-order valence-electron chi connectivity index (χ0n) is 10.9. The monoisotopic (exact) mass is 236 g/mol. The number of hydrogen-bond acceptors (Lipinski definition) is 3. The maximum absolute atomic E-state index is 9.23. The Morgan fingerprint density at radius 1 is 1.29 bits per heavy atom. The molecular weight excluding hydrogens is 212 g/mol. The Kier molecular flexibility index (Phi) is 5.45. The summed E-state index contributed by atoms with van der Waals surface area (Å²) in [5.74, 6) is 0. The molecule has 1 atom stereocenters. The Balaban J connectivity index is 2.37. The van der Waals surface area contributed by atoms with E-state index in [1.165, 1.54) is 5.69 Å². The summed E-state index contributed by atoms with van der Waals surface area (Å²) in [7, 11) is 2.08. The highest BCUT2D eigenvalue weighted by Gasteiger charge is 2.20. The fourth-order valence-electron chi connectivity index (χ4n) is 1.85. The molecule has 0 saturated heterocycles. The van der Waals surface area contributed by atoms with Crippen LogP contribution in [-0.4, -0.2) is 30.8 Å². The average molecular weight is 236 g/mol. The summed E-state index contributed by atoms with van der Waals surface area (Å²) in [6, 6.07) is 10.3. The lowest BCUT2D eigenvalue weighted by Crippen LogP contribution is -2.43. The van der Waals surface area contributed by atoms with Gasteiger partial charge in [0.1, 0.15) is 0 Å². The zero-order valence-corrected chi connectivity index (χ0v) is 10.9. The molecule has 0 saturated carbocycles. The van der Waals surface area contributed by atoms with Gasteiger partial charge in [0.15, 0.2) is 0 Å². The Morgan fingerprint density at radius 3 is 2.47 bits per heavy atom. The number of aliphatic hydroxyl groups is 1. The van der Waals surface area contributed by atoms with Gasteiger partial charge in [-0.15, -0.1) is 0 Å². The molecule has 1 aromatic rings. The lowest BCUT2D eigenvalue weighted by molar-refractivity contribution is 0.181. The van der Waals surface area contributed by atoms with E-state index < -0.39 is 5.54 Å². The lowest BCUT2D eigenvalue weighted by Gasteiger charge is -2.27. The molecule has 1 unspecified atom stereocenters. The van der Waals surface area contributed by atoms with Gasteiger partial charge in [0.2, 0.25) is 0 Å². The van der Waals surface area contributed by atoms with Crippen molar-refractivity contribution in [3.8, 4) is 0 Å². The zero-order chi connectivity index (χ0) is 12.7. The lowest BCUT2D eigenvalue weighted by atomic mass is 9.92. The maximum atomic E-state index is 9.23. The molecule has 0 amide bonds. The number of nitrogens with zero attached hydrogens (tertiary/aromatic N) is 1. The molecule has 0 aliphatic rings. The number of aliphatic hydroxyl groups excluding tert-OH is 1. The predicted octanol–water partition coefficient (Wildman–Crippen LogP) is 2.00. The third kappa shape index (κ3) is 4.36. The molecule has 0 aliphatic heterocycles. The van der Waals surface area contributed by atoms with Gasteiger partial charge in [0, 0.05) is 24.8 Å². The van der Waals surface area contributed by atoms with Gasteiger partial charge in [-0.25, -0.2) is 0 Å². The van der Waals surface area contributed by atoms with Crippen molar-refractivity contribution < 1.29 is 5.11 Å². The van der Waals surface area contributed by atoms with Gasteiger partial charge in [0.25, 0.3) is 0 Å². The fourth-order valence-corrected chi connectivity index (χ4v) is 1.85. The first-order valence-electron chi connectivity index (χ1n) is 6.27. The first-order chi connectivity index (χ1) is 8.11. The van der Waals surface area contributed by atoms with Crippen molar-refractivity contribution in [3.05, 3.63) is 30.3 Å². The van der Waals surface area contributed by atoms with Crippen molar-refractivity contribution in [3.63, 3.8) is 0 Å². The third-order valence-corrected chi connectivity index (χ3v) is 3.38. The standard InChI is InChI=1S/C14H24N2O/c1-3-14(15,12-17)10-7-11-16(2)13-8-5-4-6-9-13/h4-6,8-9,17H,3,7,10-12,15H2,1-2H3. The van der Waals surface area contributed by atoms with Gasteiger partial charge >= 0.3 is 0 Å². The Morgan fingerprint density at radius 2 is 1.94 bits per heavy atom. The van der Waals surface area contributed by atoms with Crippen LogP contribution in [0.2, 0.25) is 0 Å². The van der Waals surface area contributed by atoms with Crippen LogP contribution in [0.5, 0.6) is 0 Å². The minimum Gasteiger partial charge on any atom is -0.394 e. The minimum atomic E-state index is -0.405.